The molecule has 1 fully saturated rings. The van der Waals surface area contributed by atoms with Crippen LogP contribution in [0.1, 0.15) is 104 Å². The van der Waals surface area contributed by atoms with Crippen LogP contribution >= 0.6 is 0 Å². The Morgan fingerprint density at radius 2 is 1.63 bits per heavy atom. The first-order valence-electron chi connectivity index (χ1n) is 13.2. The molecule has 7 heteroatoms. The van der Waals surface area contributed by atoms with Crippen LogP contribution in [0.4, 0.5) is 4.79 Å². The Kier molecular flexibility index (Phi) is 10.6. The average Bonchev–Trinajstić information content (AvgIpc) is 2.81. The van der Waals surface area contributed by atoms with Crippen molar-refractivity contribution in [2.45, 2.75) is 123 Å². The lowest BCUT2D eigenvalue weighted by atomic mass is 9.94. The molecule has 35 heavy (non-hydrogen) atoms. The Balaban J connectivity index is 2.38. The van der Waals surface area contributed by atoms with Gasteiger partial charge in [-0.15, -0.1) is 0 Å². The zero-order chi connectivity index (χ0) is 26.2. The fraction of sp³-hybridized carbons (Fsp3) is 0.679. The molecule has 7 nitrogen and oxygen atoms in total. The maximum Gasteiger partial charge on any atom is 0.408 e. The van der Waals surface area contributed by atoms with Crippen molar-refractivity contribution in [3.8, 4) is 0 Å². The quantitative estimate of drug-likeness (QED) is 0.496. The van der Waals surface area contributed by atoms with E-state index in [0.717, 1.165) is 37.7 Å². The van der Waals surface area contributed by atoms with Gasteiger partial charge in [0.1, 0.15) is 17.7 Å². The minimum Gasteiger partial charge on any atom is -0.444 e. The Labute approximate surface area is 211 Å². The van der Waals surface area contributed by atoms with Gasteiger partial charge in [-0.25, -0.2) is 4.79 Å². The lowest BCUT2D eigenvalue weighted by Gasteiger charge is -2.38. The van der Waals surface area contributed by atoms with Crippen molar-refractivity contribution in [2.24, 2.45) is 0 Å². The normalized spacial score (nSPS) is 17.1. The number of benzene rings is 1. The lowest BCUT2D eigenvalue weighted by molar-refractivity contribution is -0.145. The van der Waals surface area contributed by atoms with Gasteiger partial charge in [-0.3, -0.25) is 9.59 Å². The molecule has 1 saturated carbocycles. The average molecular weight is 488 g/mol. The molecular formula is C28H45N3O4. The Hall–Kier alpha value is -2.57. The number of rotatable bonds is 9. The molecule has 0 heterocycles. The van der Waals surface area contributed by atoms with E-state index in [4.69, 9.17) is 4.74 Å². The predicted octanol–water partition coefficient (Wildman–Crippen LogP) is 5.28. The number of aryl methyl sites for hydroxylation is 1. The minimum absolute atomic E-state index is 0.125. The standard InChI is InChI=1S/C28H45N3O4/c1-8-19(3)31(26(33)20(4)29-27(34)35-28(5,6)7)24(22-17-15-21(9-2)16-18-22)25(32)30-23-13-11-10-12-14-23/h15-20,23-24H,8-14H2,1-7H3,(H,29,34)(H,30,32). The highest BCUT2D eigenvalue weighted by molar-refractivity contribution is 5.92. The van der Waals surface area contributed by atoms with Crippen molar-refractivity contribution in [1.29, 1.82) is 0 Å². The van der Waals surface area contributed by atoms with Crippen LogP contribution in [0.15, 0.2) is 24.3 Å². The van der Waals surface area contributed by atoms with Crippen molar-refractivity contribution in [1.82, 2.24) is 15.5 Å². The van der Waals surface area contributed by atoms with Gasteiger partial charge in [-0.2, -0.15) is 0 Å². The lowest BCUT2D eigenvalue weighted by Crippen LogP contribution is -2.55. The van der Waals surface area contributed by atoms with Crippen LogP contribution in [0.5, 0.6) is 0 Å². The topological polar surface area (TPSA) is 87.7 Å². The predicted molar refractivity (Wildman–Crippen MR) is 139 cm³/mol. The summed E-state index contributed by atoms with van der Waals surface area (Å²) in [7, 11) is 0. The highest BCUT2D eigenvalue weighted by atomic mass is 16.6. The second-order valence-corrected chi connectivity index (χ2v) is 10.7. The third-order valence-corrected chi connectivity index (χ3v) is 6.61. The summed E-state index contributed by atoms with van der Waals surface area (Å²) in [4.78, 5) is 41.5. The maximum absolute atomic E-state index is 13.8. The number of nitrogens with zero attached hydrogens (tertiary/aromatic N) is 1. The van der Waals surface area contributed by atoms with Gasteiger partial charge in [0.2, 0.25) is 11.8 Å². The van der Waals surface area contributed by atoms with Gasteiger partial charge < -0.3 is 20.3 Å². The number of amides is 3. The van der Waals surface area contributed by atoms with Gasteiger partial charge in [-0.1, -0.05) is 57.4 Å². The summed E-state index contributed by atoms with van der Waals surface area (Å²) in [5, 5.41) is 5.88. The number of carbonyl (C=O) groups is 3. The van der Waals surface area contributed by atoms with E-state index in [1.165, 1.54) is 12.0 Å². The van der Waals surface area contributed by atoms with E-state index in [2.05, 4.69) is 17.6 Å². The fourth-order valence-corrected chi connectivity index (χ4v) is 4.47. The first-order chi connectivity index (χ1) is 16.5. The van der Waals surface area contributed by atoms with E-state index in [1.54, 1.807) is 32.6 Å². The molecular weight excluding hydrogens is 442 g/mol. The fourth-order valence-electron chi connectivity index (χ4n) is 4.47. The monoisotopic (exact) mass is 487 g/mol. The summed E-state index contributed by atoms with van der Waals surface area (Å²) < 4.78 is 5.34. The molecule has 2 N–H and O–H groups in total. The second kappa shape index (κ2) is 12.9. The molecule has 3 amide bonds. The number of carbonyl (C=O) groups excluding carboxylic acids is 3. The molecule has 196 valence electrons. The van der Waals surface area contributed by atoms with Gasteiger partial charge >= 0.3 is 6.09 Å². The van der Waals surface area contributed by atoms with E-state index in [-0.39, 0.29) is 23.9 Å². The van der Waals surface area contributed by atoms with Crippen LogP contribution in [0, 0.1) is 0 Å². The first-order valence-corrected chi connectivity index (χ1v) is 13.2. The molecule has 3 unspecified atom stereocenters. The minimum atomic E-state index is -0.848. The van der Waals surface area contributed by atoms with Crippen LogP contribution in [-0.2, 0) is 20.7 Å². The largest absolute Gasteiger partial charge is 0.444 e. The smallest absolute Gasteiger partial charge is 0.408 e. The number of nitrogens with one attached hydrogen (secondary N) is 2. The summed E-state index contributed by atoms with van der Waals surface area (Å²) >= 11 is 0. The summed E-state index contributed by atoms with van der Waals surface area (Å²) in [6.45, 7) is 13.0. The third-order valence-electron chi connectivity index (χ3n) is 6.61. The molecule has 0 saturated heterocycles. The van der Waals surface area contributed by atoms with Crippen LogP contribution in [-0.4, -0.2) is 46.5 Å². The summed E-state index contributed by atoms with van der Waals surface area (Å²) in [6, 6.07) is 6.19. The molecule has 1 aliphatic carbocycles. The van der Waals surface area contributed by atoms with Gasteiger partial charge in [0.05, 0.1) is 0 Å². The van der Waals surface area contributed by atoms with E-state index in [1.807, 2.05) is 38.1 Å². The van der Waals surface area contributed by atoms with Crippen molar-refractivity contribution < 1.29 is 19.1 Å². The Morgan fingerprint density at radius 1 is 1.03 bits per heavy atom. The van der Waals surface area contributed by atoms with E-state index >= 15 is 0 Å². The van der Waals surface area contributed by atoms with Gasteiger partial charge in [0, 0.05) is 12.1 Å². The van der Waals surface area contributed by atoms with Crippen LogP contribution < -0.4 is 10.6 Å². The molecule has 0 aliphatic heterocycles. The first kappa shape index (κ1) is 28.7. The molecule has 1 aromatic carbocycles. The highest BCUT2D eigenvalue weighted by Gasteiger charge is 2.37. The third kappa shape index (κ3) is 8.55. The molecule has 1 aromatic rings. The van der Waals surface area contributed by atoms with Crippen LogP contribution in [0.25, 0.3) is 0 Å². The molecule has 2 rings (SSSR count). The number of alkyl carbamates (subject to hydrolysis) is 1. The Morgan fingerprint density at radius 3 is 2.14 bits per heavy atom. The van der Waals surface area contributed by atoms with Crippen molar-refractivity contribution in [3.05, 3.63) is 35.4 Å². The summed E-state index contributed by atoms with van der Waals surface area (Å²) in [6.07, 6.45) is 6.23. The number of hydrogen-bond donors (Lipinski definition) is 2. The van der Waals surface area contributed by atoms with Gasteiger partial charge in [-0.05, 0) is 71.4 Å². The van der Waals surface area contributed by atoms with Gasteiger partial charge in [0.15, 0.2) is 0 Å². The SMILES string of the molecule is CCc1ccc(C(C(=O)NC2CCCCC2)N(C(=O)C(C)NC(=O)OC(C)(C)C)C(C)CC)cc1. The summed E-state index contributed by atoms with van der Waals surface area (Å²) in [5.74, 6) is -0.479. The molecule has 0 radical (unpaired) electrons. The number of hydrogen-bond acceptors (Lipinski definition) is 4. The maximum atomic E-state index is 13.8. The van der Waals surface area contributed by atoms with Crippen molar-refractivity contribution >= 4 is 17.9 Å². The summed E-state index contributed by atoms with van der Waals surface area (Å²) in [5.41, 5.74) is 1.27. The highest BCUT2D eigenvalue weighted by Crippen LogP contribution is 2.28. The van der Waals surface area contributed by atoms with E-state index in [0.29, 0.717) is 6.42 Å². The van der Waals surface area contributed by atoms with E-state index < -0.39 is 23.8 Å². The van der Waals surface area contributed by atoms with Crippen molar-refractivity contribution in [3.63, 3.8) is 0 Å². The molecule has 0 aromatic heterocycles. The Bertz CT molecular complexity index is 841. The van der Waals surface area contributed by atoms with Crippen LogP contribution in [0.2, 0.25) is 0 Å². The molecule has 0 spiro atoms. The zero-order valence-electron chi connectivity index (χ0n) is 22.6. The molecule has 0 bridgehead atoms. The zero-order valence-corrected chi connectivity index (χ0v) is 22.6. The van der Waals surface area contributed by atoms with E-state index in [9.17, 15) is 14.4 Å². The number of ether oxygens (including phenoxy) is 1. The van der Waals surface area contributed by atoms with Gasteiger partial charge in [0.25, 0.3) is 0 Å². The molecule has 1 aliphatic rings. The van der Waals surface area contributed by atoms with Crippen molar-refractivity contribution in [2.75, 3.05) is 0 Å². The van der Waals surface area contributed by atoms with Crippen LogP contribution in [0.3, 0.4) is 0 Å². The second-order valence-electron chi connectivity index (χ2n) is 10.7. The molecule has 3 atom stereocenters.